The number of benzene rings is 1. The monoisotopic (exact) mass is 306 g/mol. The Morgan fingerprint density at radius 1 is 1.45 bits per heavy atom. The first-order valence-corrected chi connectivity index (χ1v) is 7.44. The van der Waals surface area contributed by atoms with E-state index in [1.165, 1.54) is 12.1 Å². The minimum atomic E-state index is -0.376. The molecule has 1 aromatic heterocycles. The van der Waals surface area contributed by atoms with E-state index in [0.717, 1.165) is 11.9 Å². The highest BCUT2D eigenvalue weighted by Gasteiger charge is 2.20. The molecular formula is C16H23FN4O. The van der Waals surface area contributed by atoms with Crippen molar-refractivity contribution in [1.29, 1.82) is 0 Å². The quantitative estimate of drug-likeness (QED) is 0.920. The van der Waals surface area contributed by atoms with Crippen molar-refractivity contribution in [1.82, 2.24) is 14.7 Å². The summed E-state index contributed by atoms with van der Waals surface area (Å²) in [4.78, 5) is 14.1. The predicted molar refractivity (Wildman–Crippen MR) is 85.1 cm³/mol. The van der Waals surface area contributed by atoms with Crippen LogP contribution in [0.1, 0.15) is 30.8 Å². The van der Waals surface area contributed by atoms with Gasteiger partial charge in [0.15, 0.2) is 5.69 Å². The molecule has 2 aromatic rings. The summed E-state index contributed by atoms with van der Waals surface area (Å²) in [5.41, 5.74) is 7.02. The second kappa shape index (κ2) is 6.44. The fraction of sp³-hybridized carbons (Fsp3) is 0.500. The van der Waals surface area contributed by atoms with Gasteiger partial charge in [-0.2, -0.15) is 5.10 Å². The summed E-state index contributed by atoms with van der Waals surface area (Å²) in [7, 11) is 3.46. The molecule has 0 radical (unpaired) electrons. The average molecular weight is 306 g/mol. The lowest BCUT2D eigenvalue weighted by atomic mass is 10.0. The fourth-order valence-electron chi connectivity index (χ4n) is 2.35. The Morgan fingerprint density at radius 3 is 2.77 bits per heavy atom. The van der Waals surface area contributed by atoms with Gasteiger partial charge in [0.25, 0.3) is 5.91 Å². The third-order valence-electron chi connectivity index (χ3n) is 4.02. The molecule has 1 aromatic carbocycles. The highest BCUT2D eigenvalue weighted by molar-refractivity contribution is 6.04. The van der Waals surface area contributed by atoms with E-state index in [0.29, 0.717) is 17.8 Å². The molecule has 22 heavy (non-hydrogen) atoms. The van der Waals surface area contributed by atoms with E-state index >= 15 is 0 Å². The van der Waals surface area contributed by atoms with Crippen LogP contribution in [0.5, 0.6) is 0 Å². The van der Waals surface area contributed by atoms with Gasteiger partial charge >= 0.3 is 0 Å². The molecule has 0 bridgehead atoms. The number of nitrogens with zero attached hydrogens (tertiary/aromatic N) is 3. The Kier molecular flexibility index (Phi) is 4.81. The SMILES string of the molecule is CC(C)C(N)CCN(C)C(=O)c1nn(C)c2ccc(F)cc12. The average Bonchev–Trinajstić information content (AvgIpc) is 2.79. The number of rotatable bonds is 5. The smallest absolute Gasteiger partial charge is 0.274 e. The molecule has 2 rings (SSSR count). The zero-order chi connectivity index (χ0) is 16.4. The van der Waals surface area contributed by atoms with Crippen molar-refractivity contribution >= 4 is 16.8 Å². The number of carbonyl (C=O) groups excluding carboxylic acids is 1. The predicted octanol–water partition coefficient (Wildman–Crippen LogP) is 2.16. The lowest BCUT2D eigenvalue weighted by molar-refractivity contribution is 0.0784. The Hall–Kier alpha value is -1.95. The Bertz CT molecular complexity index is 680. The highest BCUT2D eigenvalue weighted by Crippen LogP contribution is 2.20. The van der Waals surface area contributed by atoms with Crippen molar-refractivity contribution in [3.05, 3.63) is 29.7 Å². The summed E-state index contributed by atoms with van der Waals surface area (Å²) in [5.74, 6) is -0.223. The van der Waals surface area contributed by atoms with Crippen LogP contribution in [0.3, 0.4) is 0 Å². The first-order valence-electron chi connectivity index (χ1n) is 7.44. The standard InChI is InChI=1S/C16H23FN4O/c1-10(2)13(18)7-8-20(3)16(22)15-12-9-11(17)5-6-14(12)21(4)19-15/h5-6,9-10,13H,7-8,18H2,1-4H3. The molecule has 0 spiro atoms. The van der Waals surface area contributed by atoms with Gasteiger partial charge in [0, 0.05) is 32.1 Å². The van der Waals surface area contributed by atoms with Crippen molar-refractivity contribution in [3.8, 4) is 0 Å². The van der Waals surface area contributed by atoms with E-state index in [1.807, 2.05) is 0 Å². The minimum absolute atomic E-state index is 0.0492. The van der Waals surface area contributed by atoms with E-state index in [2.05, 4.69) is 18.9 Å². The number of carbonyl (C=O) groups is 1. The van der Waals surface area contributed by atoms with Gasteiger partial charge < -0.3 is 10.6 Å². The molecule has 1 unspecified atom stereocenters. The van der Waals surface area contributed by atoms with Crippen LogP contribution < -0.4 is 5.73 Å². The number of halogens is 1. The second-order valence-corrected chi connectivity index (χ2v) is 6.06. The van der Waals surface area contributed by atoms with Crippen molar-refractivity contribution in [2.24, 2.45) is 18.7 Å². The molecule has 2 N–H and O–H groups in total. The summed E-state index contributed by atoms with van der Waals surface area (Å²) in [6.07, 6.45) is 0.721. The Balaban J connectivity index is 2.20. The van der Waals surface area contributed by atoms with Gasteiger partial charge in [-0.05, 0) is 30.5 Å². The van der Waals surface area contributed by atoms with Gasteiger partial charge in [-0.15, -0.1) is 0 Å². The van der Waals surface area contributed by atoms with Gasteiger partial charge in [0.2, 0.25) is 0 Å². The van der Waals surface area contributed by atoms with Gasteiger partial charge in [-0.1, -0.05) is 13.8 Å². The first-order chi connectivity index (χ1) is 10.3. The molecule has 120 valence electrons. The van der Waals surface area contributed by atoms with E-state index in [9.17, 15) is 9.18 Å². The van der Waals surface area contributed by atoms with Crippen molar-refractivity contribution < 1.29 is 9.18 Å². The van der Waals surface area contributed by atoms with E-state index < -0.39 is 0 Å². The molecular weight excluding hydrogens is 283 g/mol. The van der Waals surface area contributed by atoms with Crippen LogP contribution in [0.4, 0.5) is 4.39 Å². The zero-order valence-electron chi connectivity index (χ0n) is 13.5. The third kappa shape index (κ3) is 3.27. The Morgan fingerprint density at radius 2 is 2.14 bits per heavy atom. The van der Waals surface area contributed by atoms with Gasteiger partial charge in [-0.3, -0.25) is 9.48 Å². The molecule has 0 fully saturated rings. The largest absolute Gasteiger partial charge is 0.340 e. The molecule has 0 aliphatic rings. The van der Waals surface area contributed by atoms with Crippen LogP contribution in [0.25, 0.3) is 10.9 Å². The van der Waals surface area contributed by atoms with Crippen LogP contribution in [-0.4, -0.2) is 40.2 Å². The fourth-order valence-corrected chi connectivity index (χ4v) is 2.35. The number of aromatic nitrogens is 2. The summed E-state index contributed by atoms with van der Waals surface area (Å²) < 4.78 is 15.0. The number of aryl methyl sites for hydroxylation is 1. The first kappa shape index (κ1) is 16.4. The van der Waals surface area contributed by atoms with Crippen molar-refractivity contribution in [2.75, 3.05) is 13.6 Å². The minimum Gasteiger partial charge on any atom is -0.340 e. The molecule has 0 saturated carbocycles. The maximum Gasteiger partial charge on any atom is 0.274 e. The Labute approximate surface area is 129 Å². The molecule has 0 aliphatic carbocycles. The molecule has 0 aliphatic heterocycles. The summed E-state index contributed by atoms with van der Waals surface area (Å²) in [6.45, 7) is 4.66. The number of hydrogen-bond acceptors (Lipinski definition) is 3. The van der Waals surface area contributed by atoms with E-state index in [-0.39, 0.29) is 23.5 Å². The van der Waals surface area contributed by atoms with E-state index in [1.54, 1.807) is 29.7 Å². The topological polar surface area (TPSA) is 64.2 Å². The zero-order valence-corrected chi connectivity index (χ0v) is 13.5. The summed E-state index contributed by atoms with van der Waals surface area (Å²) in [6, 6.07) is 4.39. The van der Waals surface area contributed by atoms with Gasteiger partial charge in [-0.25, -0.2) is 4.39 Å². The number of fused-ring (bicyclic) bond motifs is 1. The second-order valence-electron chi connectivity index (χ2n) is 6.06. The molecule has 0 saturated heterocycles. The molecule has 1 atom stereocenters. The number of hydrogen-bond donors (Lipinski definition) is 1. The highest BCUT2D eigenvalue weighted by atomic mass is 19.1. The van der Waals surface area contributed by atoms with Crippen molar-refractivity contribution in [3.63, 3.8) is 0 Å². The lowest BCUT2D eigenvalue weighted by Crippen LogP contribution is -2.34. The molecule has 1 heterocycles. The maximum atomic E-state index is 13.5. The number of nitrogens with two attached hydrogens (primary N) is 1. The lowest BCUT2D eigenvalue weighted by Gasteiger charge is -2.21. The van der Waals surface area contributed by atoms with Crippen LogP contribution in [0.2, 0.25) is 0 Å². The van der Waals surface area contributed by atoms with Crippen LogP contribution in [0.15, 0.2) is 18.2 Å². The molecule has 1 amide bonds. The molecule has 5 nitrogen and oxygen atoms in total. The number of amides is 1. The third-order valence-corrected chi connectivity index (χ3v) is 4.02. The van der Waals surface area contributed by atoms with Crippen LogP contribution >= 0.6 is 0 Å². The van der Waals surface area contributed by atoms with Crippen LogP contribution in [0, 0.1) is 11.7 Å². The van der Waals surface area contributed by atoms with Gasteiger partial charge in [0.05, 0.1) is 5.52 Å². The normalized spacial score (nSPS) is 12.9. The van der Waals surface area contributed by atoms with Crippen molar-refractivity contribution in [2.45, 2.75) is 26.3 Å². The maximum absolute atomic E-state index is 13.5. The van der Waals surface area contributed by atoms with Crippen LogP contribution in [-0.2, 0) is 7.05 Å². The summed E-state index contributed by atoms with van der Waals surface area (Å²) >= 11 is 0. The molecule has 6 heteroatoms. The summed E-state index contributed by atoms with van der Waals surface area (Å²) in [5, 5.41) is 4.78. The van der Waals surface area contributed by atoms with E-state index in [4.69, 9.17) is 5.73 Å². The van der Waals surface area contributed by atoms with Gasteiger partial charge in [0.1, 0.15) is 5.82 Å².